The highest BCUT2D eigenvalue weighted by atomic mass is 16.4. The molecule has 1 aliphatic rings. The highest BCUT2D eigenvalue weighted by Crippen LogP contribution is 2.29. The van der Waals surface area contributed by atoms with E-state index in [-0.39, 0.29) is 11.9 Å². The molecule has 2 N–H and O–H groups in total. The third kappa shape index (κ3) is 4.00. The molecule has 0 aromatic rings. The number of nitrogens with zero attached hydrogens (tertiary/aromatic N) is 1. The molecule has 0 radical (unpaired) electrons. The van der Waals surface area contributed by atoms with Crippen molar-refractivity contribution >= 4 is 11.9 Å². The number of hydrogen-bond acceptors (Lipinski definition) is 3. The largest absolute Gasteiger partial charge is 0.481 e. The summed E-state index contributed by atoms with van der Waals surface area (Å²) in [6.07, 6.45) is 1.52. The highest BCUT2D eigenvalue weighted by molar-refractivity contribution is 5.78. The second-order valence-corrected chi connectivity index (χ2v) is 5.40. The molecular formula is C12H22N2O3. The predicted molar refractivity (Wildman–Crippen MR) is 64.7 cm³/mol. The van der Waals surface area contributed by atoms with Crippen LogP contribution in [0.5, 0.6) is 0 Å². The molecule has 1 fully saturated rings. The Bertz CT molecular complexity index is 304. The molecule has 1 heterocycles. The fourth-order valence-corrected chi connectivity index (χ4v) is 2.22. The number of rotatable bonds is 4. The molecule has 0 saturated carbocycles. The van der Waals surface area contributed by atoms with Gasteiger partial charge in [0.15, 0.2) is 0 Å². The van der Waals surface area contributed by atoms with Crippen molar-refractivity contribution in [3.8, 4) is 0 Å². The number of carboxylic acids is 1. The zero-order chi connectivity index (χ0) is 13.1. The minimum atomic E-state index is -0.772. The summed E-state index contributed by atoms with van der Waals surface area (Å²) < 4.78 is 0. The molecule has 1 saturated heterocycles. The number of carbonyl (C=O) groups is 2. The van der Waals surface area contributed by atoms with Crippen molar-refractivity contribution in [2.24, 2.45) is 5.41 Å². The zero-order valence-electron chi connectivity index (χ0n) is 10.8. The summed E-state index contributed by atoms with van der Waals surface area (Å²) >= 11 is 0. The first-order valence-electron chi connectivity index (χ1n) is 6.08. The maximum atomic E-state index is 11.6. The van der Waals surface area contributed by atoms with Crippen LogP contribution in [0.1, 0.15) is 33.6 Å². The van der Waals surface area contributed by atoms with Crippen LogP contribution in [-0.2, 0) is 9.59 Å². The molecule has 1 rings (SSSR count). The Hall–Kier alpha value is -1.10. The van der Waals surface area contributed by atoms with Gasteiger partial charge in [0.1, 0.15) is 0 Å². The van der Waals surface area contributed by atoms with E-state index >= 15 is 0 Å². The van der Waals surface area contributed by atoms with Crippen LogP contribution in [-0.4, -0.2) is 47.6 Å². The monoisotopic (exact) mass is 242 g/mol. The lowest BCUT2D eigenvalue weighted by atomic mass is 9.82. The Morgan fingerprint density at radius 1 is 1.47 bits per heavy atom. The van der Waals surface area contributed by atoms with Crippen LogP contribution in [0.3, 0.4) is 0 Å². The van der Waals surface area contributed by atoms with E-state index in [0.29, 0.717) is 19.5 Å². The van der Waals surface area contributed by atoms with E-state index in [0.717, 1.165) is 13.0 Å². The van der Waals surface area contributed by atoms with Crippen LogP contribution in [0.25, 0.3) is 0 Å². The van der Waals surface area contributed by atoms with Crippen molar-refractivity contribution in [3.05, 3.63) is 0 Å². The molecule has 0 spiro atoms. The van der Waals surface area contributed by atoms with E-state index in [1.807, 2.05) is 18.7 Å². The van der Waals surface area contributed by atoms with Crippen LogP contribution >= 0.6 is 0 Å². The van der Waals surface area contributed by atoms with Gasteiger partial charge in [0, 0.05) is 12.6 Å². The Morgan fingerprint density at radius 2 is 2.12 bits per heavy atom. The zero-order valence-corrected chi connectivity index (χ0v) is 10.8. The van der Waals surface area contributed by atoms with E-state index in [1.165, 1.54) is 0 Å². The molecule has 0 aromatic carbocycles. The summed E-state index contributed by atoms with van der Waals surface area (Å²) in [6.45, 7) is 7.12. The molecule has 98 valence electrons. The highest BCUT2D eigenvalue weighted by Gasteiger charge is 2.38. The summed E-state index contributed by atoms with van der Waals surface area (Å²) in [5, 5.41) is 12.0. The molecule has 0 aromatic heterocycles. The standard InChI is InChI=1S/C12H22N2O3/c1-9(2)13-10(15)7-14-6-4-5-12(3,8-14)11(16)17/h9H,4-8H2,1-3H3,(H,13,15)(H,16,17). The number of likely N-dealkylation sites (tertiary alicyclic amines) is 1. The lowest BCUT2D eigenvalue weighted by molar-refractivity contribution is -0.151. The van der Waals surface area contributed by atoms with Crippen molar-refractivity contribution in [1.29, 1.82) is 0 Å². The van der Waals surface area contributed by atoms with Crippen LogP contribution in [0.15, 0.2) is 0 Å². The van der Waals surface area contributed by atoms with Crippen molar-refractivity contribution < 1.29 is 14.7 Å². The third-order valence-corrected chi connectivity index (χ3v) is 3.11. The van der Waals surface area contributed by atoms with Crippen molar-refractivity contribution in [3.63, 3.8) is 0 Å². The molecule has 1 aliphatic heterocycles. The smallest absolute Gasteiger partial charge is 0.310 e. The molecule has 1 amide bonds. The number of piperidine rings is 1. The number of hydrogen-bond donors (Lipinski definition) is 2. The Labute approximate surface area is 102 Å². The Kier molecular flexibility index (Phi) is 4.51. The van der Waals surface area contributed by atoms with E-state index in [2.05, 4.69) is 5.32 Å². The van der Waals surface area contributed by atoms with E-state index in [1.54, 1.807) is 6.92 Å². The van der Waals surface area contributed by atoms with E-state index in [4.69, 9.17) is 5.11 Å². The van der Waals surface area contributed by atoms with Gasteiger partial charge in [0.25, 0.3) is 0 Å². The first-order chi connectivity index (χ1) is 7.83. The summed E-state index contributed by atoms with van der Waals surface area (Å²) in [4.78, 5) is 24.7. The van der Waals surface area contributed by atoms with Gasteiger partial charge in [-0.2, -0.15) is 0 Å². The van der Waals surface area contributed by atoms with Crippen molar-refractivity contribution in [2.45, 2.75) is 39.7 Å². The Balaban J connectivity index is 2.50. The quantitative estimate of drug-likeness (QED) is 0.761. The van der Waals surface area contributed by atoms with Crippen LogP contribution in [0.2, 0.25) is 0 Å². The fraction of sp³-hybridized carbons (Fsp3) is 0.833. The normalized spacial score (nSPS) is 25.9. The molecule has 1 unspecified atom stereocenters. The van der Waals surface area contributed by atoms with Gasteiger partial charge in [-0.1, -0.05) is 0 Å². The molecule has 0 aliphatic carbocycles. The summed E-state index contributed by atoms with van der Waals surface area (Å²) in [7, 11) is 0. The molecule has 5 nitrogen and oxygen atoms in total. The van der Waals surface area contributed by atoms with E-state index in [9.17, 15) is 9.59 Å². The van der Waals surface area contributed by atoms with Gasteiger partial charge >= 0.3 is 5.97 Å². The first-order valence-corrected chi connectivity index (χ1v) is 6.08. The van der Waals surface area contributed by atoms with Gasteiger partial charge in [0.05, 0.1) is 12.0 Å². The van der Waals surface area contributed by atoms with Crippen LogP contribution in [0.4, 0.5) is 0 Å². The lowest BCUT2D eigenvalue weighted by Gasteiger charge is -2.37. The number of carboxylic acid groups (broad SMARTS) is 1. The van der Waals surface area contributed by atoms with Gasteiger partial charge in [-0.15, -0.1) is 0 Å². The SMILES string of the molecule is CC(C)NC(=O)CN1CCCC(C)(C(=O)O)C1. The van der Waals surface area contributed by atoms with Gasteiger partial charge < -0.3 is 10.4 Å². The molecule has 0 bridgehead atoms. The van der Waals surface area contributed by atoms with Crippen molar-refractivity contribution in [1.82, 2.24) is 10.2 Å². The van der Waals surface area contributed by atoms with Crippen LogP contribution < -0.4 is 5.32 Å². The summed E-state index contributed by atoms with van der Waals surface area (Å²) in [6, 6.07) is 0.123. The number of nitrogens with one attached hydrogen (secondary N) is 1. The fourth-order valence-electron chi connectivity index (χ4n) is 2.22. The maximum absolute atomic E-state index is 11.6. The van der Waals surface area contributed by atoms with Gasteiger partial charge in [-0.3, -0.25) is 14.5 Å². The second-order valence-electron chi connectivity index (χ2n) is 5.40. The van der Waals surface area contributed by atoms with E-state index < -0.39 is 11.4 Å². The van der Waals surface area contributed by atoms with Gasteiger partial charge in [0.2, 0.25) is 5.91 Å². The van der Waals surface area contributed by atoms with Crippen molar-refractivity contribution in [2.75, 3.05) is 19.6 Å². The molecular weight excluding hydrogens is 220 g/mol. The summed E-state index contributed by atoms with van der Waals surface area (Å²) in [5.74, 6) is -0.805. The average Bonchev–Trinajstić information content (AvgIpc) is 2.15. The second kappa shape index (κ2) is 5.49. The minimum absolute atomic E-state index is 0.0327. The number of aliphatic carboxylic acids is 1. The minimum Gasteiger partial charge on any atom is -0.481 e. The molecule has 5 heteroatoms. The maximum Gasteiger partial charge on any atom is 0.310 e. The predicted octanol–water partition coefficient (Wildman–Crippen LogP) is 0.698. The van der Waals surface area contributed by atoms with Crippen LogP contribution in [0, 0.1) is 5.41 Å². The number of amides is 1. The van der Waals surface area contributed by atoms with Gasteiger partial charge in [-0.25, -0.2) is 0 Å². The van der Waals surface area contributed by atoms with Gasteiger partial charge in [-0.05, 0) is 40.2 Å². The molecule has 1 atom stereocenters. The first kappa shape index (κ1) is 14.0. The number of carbonyl (C=O) groups excluding carboxylic acids is 1. The topological polar surface area (TPSA) is 69.6 Å². The Morgan fingerprint density at radius 3 is 2.65 bits per heavy atom. The lowest BCUT2D eigenvalue weighted by Crippen LogP contribution is -2.49. The molecule has 17 heavy (non-hydrogen) atoms. The summed E-state index contributed by atoms with van der Waals surface area (Å²) in [5.41, 5.74) is -0.712. The third-order valence-electron chi connectivity index (χ3n) is 3.11. The average molecular weight is 242 g/mol.